The maximum absolute atomic E-state index is 6.73. The van der Waals surface area contributed by atoms with E-state index < -0.39 is 0 Å². The molecule has 2 N–H and O–H groups in total. The summed E-state index contributed by atoms with van der Waals surface area (Å²) in [5, 5.41) is 0. The molecule has 0 spiro atoms. The Bertz CT molecular complexity index is 404. The summed E-state index contributed by atoms with van der Waals surface area (Å²) in [6, 6.07) is 9.04. The van der Waals surface area contributed by atoms with Gasteiger partial charge in [0.05, 0.1) is 0 Å². The number of hydrogen-bond acceptors (Lipinski definition) is 1. The lowest BCUT2D eigenvalue weighted by molar-refractivity contribution is 0.184. The van der Waals surface area contributed by atoms with Crippen molar-refractivity contribution in [3.63, 3.8) is 0 Å². The van der Waals surface area contributed by atoms with E-state index in [2.05, 4.69) is 52.0 Å². The Balaban J connectivity index is 2.19. The highest BCUT2D eigenvalue weighted by Crippen LogP contribution is 2.40. The van der Waals surface area contributed by atoms with Gasteiger partial charge in [-0.2, -0.15) is 0 Å². The molecular formula is C18H29N. The Morgan fingerprint density at radius 1 is 1.11 bits per heavy atom. The topological polar surface area (TPSA) is 26.0 Å². The van der Waals surface area contributed by atoms with Crippen molar-refractivity contribution in [2.45, 2.75) is 64.8 Å². The van der Waals surface area contributed by atoms with Gasteiger partial charge in [-0.1, -0.05) is 64.8 Å². The van der Waals surface area contributed by atoms with Gasteiger partial charge in [-0.3, -0.25) is 0 Å². The van der Waals surface area contributed by atoms with Crippen LogP contribution in [0.1, 0.15) is 70.4 Å². The Labute approximate surface area is 118 Å². The highest BCUT2D eigenvalue weighted by atomic mass is 14.8. The molecule has 1 aliphatic carbocycles. The van der Waals surface area contributed by atoms with Gasteiger partial charge >= 0.3 is 0 Å². The summed E-state index contributed by atoms with van der Waals surface area (Å²) in [5.41, 5.74) is 9.38. The minimum atomic E-state index is -0.0945. The lowest BCUT2D eigenvalue weighted by Crippen LogP contribution is -2.42. The maximum atomic E-state index is 6.73. The highest BCUT2D eigenvalue weighted by Gasteiger charge is 2.35. The molecule has 0 saturated heterocycles. The molecule has 2 unspecified atom stereocenters. The molecular weight excluding hydrogens is 230 g/mol. The SMILES string of the molecule is CC(C)c1ccc(C2(N)CCCC(C(C)C)C2)cc1. The first-order chi connectivity index (χ1) is 8.92. The van der Waals surface area contributed by atoms with E-state index in [0.29, 0.717) is 5.92 Å². The predicted octanol–water partition coefficient (Wildman–Crippen LogP) is 4.81. The molecule has 106 valence electrons. The predicted molar refractivity (Wildman–Crippen MR) is 83.2 cm³/mol. The standard InChI is InChI=1S/C18H29N/c1-13(2)15-7-9-17(10-8-15)18(19)11-5-6-16(12-18)14(3)4/h7-10,13-14,16H,5-6,11-12,19H2,1-4H3. The van der Waals surface area contributed by atoms with Gasteiger partial charge in [0.15, 0.2) is 0 Å². The summed E-state index contributed by atoms with van der Waals surface area (Å²) in [6.45, 7) is 9.14. The molecule has 0 aromatic heterocycles. The Hall–Kier alpha value is -0.820. The summed E-state index contributed by atoms with van der Waals surface area (Å²) >= 11 is 0. The van der Waals surface area contributed by atoms with Crippen LogP contribution in [0.4, 0.5) is 0 Å². The van der Waals surface area contributed by atoms with Crippen LogP contribution in [-0.2, 0) is 5.54 Å². The molecule has 0 radical (unpaired) electrons. The zero-order valence-electron chi connectivity index (χ0n) is 12.9. The number of benzene rings is 1. The average molecular weight is 259 g/mol. The number of nitrogens with two attached hydrogens (primary N) is 1. The maximum Gasteiger partial charge on any atom is 0.0412 e. The second-order valence-corrected chi connectivity index (χ2v) is 7.03. The smallest absolute Gasteiger partial charge is 0.0412 e. The second kappa shape index (κ2) is 5.66. The third-order valence-electron chi connectivity index (χ3n) is 4.92. The van der Waals surface area contributed by atoms with Gasteiger partial charge in [-0.25, -0.2) is 0 Å². The van der Waals surface area contributed by atoms with Crippen molar-refractivity contribution in [1.29, 1.82) is 0 Å². The number of hydrogen-bond donors (Lipinski definition) is 1. The van der Waals surface area contributed by atoms with E-state index in [1.54, 1.807) is 0 Å². The van der Waals surface area contributed by atoms with Crippen molar-refractivity contribution in [2.75, 3.05) is 0 Å². The van der Waals surface area contributed by atoms with E-state index in [4.69, 9.17) is 5.73 Å². The molecule has 0 bridgehead atoms. The molecule has 2 rings (SSSR count). The third kappa shape index (κ3) is 3.20. The summed E-state index contributed by atoms with van der Waals surface area (Å²) in [7, 11) is 0. The van der Waals surface area contributed by atoms with Gasteiger partial charge in [0, 0.05) is 5.54 Å². The van der Waals surface area contributed by atoms with Crippen LogP contribution in [0.15, 0.2) is 24.3 Å². The molecule has 1 aromatic carbocycles. The molecule has 1 fully saturated rings. The Kier molecular flexibility index (Phi) is 4.35. The van der Waals surface area contributed by atoms with Gasteiger partial charge in [0.2, 0.25) is 0 Å². The van der Waals surface area contributed by atoms with Crippen molar-refractivity contribution in [3.8, 4) is 0 Å². The first-order valence-electron chi connectivity index (χ1n) is 7.82. The Morgan fingerprint density at radius 3 is 2.26 bits per heavy atom. The fourth-order valence-electron chi connectivity index (χ4n) is 3.38. The van der Waals surface area contributed by atoms with Crippen LogP contribution in [0.2, 0.25) is 0 Å². The first kappa shape index (κ1) is 14.6. The number of rotatable bonds is 3. The van der Waals surface area contributed by atoms with Crippen LogP contribution < -0.4 is 5.73 Å². The minimum Gasteiger partial charge on any atom is -0.321 e. The summed E-state index contributed by atoms with van der Waals surface area (Å²) < 4.78 is 0. The molecule has 1 aromatic rings. The van der Waals surface area contributed by atoms with Crippen molar-refractivity contribution in [3.05, 3.63) is 35.4 Å². The van der Waals surface area contributed by atoms with Crippen molar-refractivity contribution >= 4 is 0 Å². The van der Waals surface area contributed by atoms with Crippen LogP contribution in [0.25, 0.3) is 0 Å². The second-order valence-electron chi connectivity index (χ2n) is 7.03. The molecule has 0 heterocycles. The fourth-order valence-corrected chi connectivity index (χ4v) is 3.38. The first-order valence-corrected chi connectivity index (χ1v) is 7.82. The lowest BCUT2D eigenvalue weighted by atomic mass is 9.69. The van der Waals surface area contributed by atoms with Crippen LogP contribution in [0.3, 0.4) is 0 Å². The van der Waals surface area contributed by atoms with E-state index in [-0.39, 0.29) is 5.54 Å². The normalized spacial score (nSPS) is 28.1. The molecule has 1 saturated carbocycles. The van der Waals surface area contributed by atoms with E-state index in [1.807, 2.05) is 0 Å². The molecule has 0 aliphatic heterocycles. The van der Waals surface area contributed by atoms with Crippen LogP contribution in [0.5, 0.6) is 0 Å². The highest BCUT2D eigenvalue weighted by molar-refractivity contribution is 5.30. The fraction of sp³-hybridized carbons (Fsp3) is 0.667. The Morgan fingerprint density at radius 2 is 1.74 bits per heavy atom. The lowest BCUT2D eigenvalue weighted by Gasteiger charge is -2.40. The molecule has 1 aliphatic rings. The average Bonchev–Trinajstić information content (AvgIpc) is 2.39. The minimum absolute atomic E-state index is 0.0945. The molecule has 1 heteroatoms. The van der Waals surface area contributed by atoms with Crippen LogP contribution >= 0.6 is 0 Å². The largest absolute Gasteiger partial charge is 0.321 e. The van der Waals surface area contributed by atoms with Crippen LogP contribution in [-0.4, -0.2) is 0 Å². The zero-order chi connectivity index (χ0) is 14.0. The summed E-state index contributed by atoms with van der Waals surface area (Å²) in [5.74, 6) is 2.12. The van der Waals surface area contributed by atoms with E-state index >= 15 is 0 Å². The summed E-state index contributed by atoms with van der Waals surface area (Å²) in [6.07, 6.45) is 4.90. The van der Waals surface area contributed by atoms with Crippen molar-refractivity contribution < 1.29 is 0 Å². The monoisotopic (exact) mass is 259 g/mol. The molecule has 0 amide bonds. The van der Waals surface area contributed by atoms with Gasteiger partial charge < -0.3 is 5.73 Å². The van der Waals surface area contributed by atoms with Gasteiger partial charge in [0.1, 0.15) is 0 Å². The van der Waals surface area contributed by atoms with E-state index in [9.17, 15) is 0 Å². The molecule has 19 heavy (non-hydrogen) atoms. The van der Waals surface area contributed by atoms with Crippen LogP contribution in [0, 0.1) is 11.8 Å². The quantitative estimate of drug-likeness (QED) is 0.828. The van der Waals surface area contributed by atoms with Crippen molar-refractivity contribution in [1.82, 2.24) is 0 Å². The third-order valence-corrected chi connectivity index (χ3v) is 4.92. The zero-order valence-corrected chi connectivity index (χ0v) is 12.9. The summed E-state index contributed by atoms with van der Waals surface area (Å²) in [4.78, 5) is 0. The van der Waals surface area contributed by atoms with Gasteiger partial charge in [-0.15, -0.1) is 0 Å². The molecule has 2 atom stereocenters. The van der Waals surface area contributed by atoms with Gasteiger partial charge in [-0.05, 0) is 41.7 Å². The molecule has 1 nitrogen and oxygen atoms in total. The van der Waals surface area contributed by atoms with E-state index in [1.165, 1.54) is 24.0 Å². The van der Waals surface area contributed by atoms with E-state index in [0.717, 1.165) is 24.7 Å². The van der Waals surface area contributed by atoms with Gasteiger partial charge in [0.25, 0.3) is 0 Å². The van der Waals surface area contributed by atoms with Crippen molar-refractivity contribution in [2.24, 2.45) is 17.6 Å².